The first kappa shape index (κ1) is 16.2. The molecular formula is C16H34N4. The number of piperazine rings is 1. The van der Waals surface area contributed by atoms with Crippen molar-refractivity contribution in [2.45, 2.75) is 32.2 Å². The SMILES string of the molecule is CC(C)C1CC(CN)(N2CCN(CCN(C)C)CC2)C1. The lowest BCUT2D eigenvalue weighted by molar-refractivity contribution is -0.0572. The van der Waals surface area contributed by atoms with Crippen molar-refractivity contribution in [2.75, 3.05) is 59.9 Å². The molecule has 1 aliphatic carbocycles. The average Bonchev–Trinajstić information content (AvgIpc) is 2.36. The average molecular weight is 282 g/mol. The van der Waals surface area contributed by atoms with Gasteiger partial charge < -0.3 is 10.6 Å². The predicted octanol–water partition coefficient (Wildman–Crippen LogP) is 0.929. The third kappa shape index (κ3) is 3.53. The molecule has 1 saturated heterocycles. The summed E-state index contributed by atoms with van der Waals surface area (Å²) in [4.78, 5) is 7.56. The van der Waals surface area contributed by atoms with Crippen molar-refractivity contribution in [1.29, 1.82) is 0 Å². The number of hydrogen-bond acceptors (Lipinski definition) is 4. The summed E-state index contributed by atoms with van der Waals surface area (Å²) in [5.74, 6) is 1.71. The molecule has 0 bridgehead atoms. The van der Waals surface area contributed by atoms with Gasteiger partial charge in [-0.1, -0.05) is 13.8 Å². The molecule has 0 aromatic rings. The van der Waals surface area contributed by atoms with Crippen LogP contribution in [0.1, 0.15) is 26.7 Å². The van der Waals surface area contributed by atoms with Crippen LogP contribution in [0.3, 0.4) is 0 Å². The van der Waals surface area contributed by atoms with Crippen molar-refractivity contribution >= 4 is 0 Å². The predicted molar refractivity (Wildman–Crippen MR) is 85.9 cm³/mol. The van der Waals surface area contributed by atoms with E-state index in [1.54, 1.807) is 0 Å². The fourth-order valence-electron chi connectivity index (χ4n) is 3.73. The van der Waals surface area contributed by atoms with Gasteiger partial charge in [0.15, 0.2) is 0 Å². The van der Waals surface area contributed by atoms with Gasteiger partial charge in [0.2, 0.25) is 0 Å². The second-order valence-corrected chi connectivity index (χ2v) is 7.47. The van der Waals surface area contributed by atoms with Gasteiger partial charge in [0, 0.05) is 51.4 Å². The maximum atomic E-state index is 6.13. The van der Waals surface area contributed by atoms with Gasteiger partial charge in [-0.25, -0.2) is 0 Å². The van der Waals surface area contributed by atoms with E-state index in [1.807, 2.05) is 0 Å². The summed E-state index contributed by atoms with van der Waals surface area (Å²) in [6, 6.07) is 0. The smallest absolute Gasteiger partial charge is 0.0338 e. The summed E-state index contributed by atoms with van der Waals surface area (Å²) in [7, 11) is 4.31. The molecule has 2 aliphatic rings. The van der Waals surface area contributed by atoms with Crippen LogP contribution in [-0.4, -0.2) is 80.1 Å². The van der Waals surface area contributed by atoms with Gasteiger partial charge >= 0.3 is 0 Å². The molecule has 2 fully saturated rings. The molecule has 1 heterocycles. The Morgan fingerprint density at radius 2 is 1.75 bits per heavy atom. The van der Waals surface area contributed by atoms with E-state index >= 15 is 0 Å². The highest BCUT2D eigenvalue weighted by molar-refractivity contribution is 5.05. The first-order valence-electron chi connectivity index (χ1n) is 8.29. The molecular weight excluding hydrogens is 248 g/mol. The zero-order chi connectivity index (χ0) is 14.8. The zero-order valence-corrected chi connectivity index (χ0v) is 13.9. The Balaban J connectivity index is 1.78. The summed E-state index contributed by atoms with van der Waals surface area (Å²) in [6.07, 6.45) is 2.64. The van der Waals surface area contributed by atoms with Gasteiger partial charge in [-0.15, -0.1) is 0 Å². The minimum atomic E-state index is 0.336. The van der Waals surface area contributed by atoms with Gasteiger partial charge in [-0.2, -0.15) is 0 Å². The van der Waals surface area contributed by atoms with Gasteiger partial charge in [0.25, 0.3) is 0 Å². The molecule has 0 aromatic heterocycles. The van der Waals surface area contributed by atoms with Crippen molar-refractivity contribution in [3.8, 4) is 0 Å². The lowest BCUT2D eigenvalue weighted by atomic mass is 9.63. The fourth-order valence-corrected chi connectivity index (χ4v) is 3.73. The minimum Gasteiger partial charge on any atom is -0.329 e. The second kappa shape index (κ2) is 6.73. The molecule has 2 N–H and O–H groups in total. The van der Waals surface area contributed by atoms with Gasteiger partial charge in [0.1, 0.15) is 0 Å². The number of nitrogens with zero attached hydrogens (tertiary/aromatic N) is 3. The van der Waals surface area contributed by atoms with Crippen molar-refractivity contribution in [3.63, 3.8) is 0 Å². The van der Waals surface area contributed by atoms with Crippen LogP contribution in [0.25, 0.3) is 0 Å². The quantitative estimate of drug-likeness (QED) is 0.786. The number of hydrogen-bond donors (Lipinski definition) is 1. The molecule has 118 valence electrons. The van der Waals surface area contributed by atoms with Crippen molar-refractivity contribution < 1.29 is 0 Å². The summed E-state index contributed by atoms with van der Waals surface area (Å²) in [5, 5.41) is 0. The summed E-state index contributed by atoms with van der Waals surface area (Å²) in [5.41, 5.74) is 6.47. The van der Waals surface area contributed by atoms with Crippen LogP contribution in [0.5, 0.6) is 0 Å². The number of nitrogens with two attached hydrogens (primary N) is 1. The van der Waals surface area contributed by atoms with E-state index in [0.29, 0.717) is 5.54 Å². The van der Waals surface area contributed by atoms with Crippen LogP contribution in [0.4, 0.5) is 0 Å². The fraction of sp³-hybridized carbons (Fsp3) is 1.00. The Bertz CT molecular complexity index is 289. The van der Waals surface area contributed by atoms with Crippen molar-refractivity contribution in [2.24, 2.45) is 17.6 Å². The zero-order valence-electron chi connectivity index (χ0n) is 13.9. The molecule has 4 nitrogen and oxygen atoms in total. The number of likely N-dealkylation sites (N-methyl/N-ethyl adjacent to an activating group) is 1. The lowest BCUT2D eigenvalue weighted by Crippen LogP contribution is -2.66. The van der Waals surface area contributed by atoms with Gasteiger partial charge in [-0.05, 0) is 38.8 Å². The van der Waals surface area contributed by atoms with Gasteiger partial charge in [-0.3, -0.25) is 9.80 Å². The molecule has 1 aliphatic heterocycles. The Hall–Kier alpha value is -0.160. The Morgan fingerprint density at radius 3 is 2.20 bits per heavy atom. The third-order valence-electron chi connectivity index (χ3n) is 5.51. The first-order valence-corrected chi connectivity index (χ1v) is 8.29. The molecule has 1 saturated carbocycles. The van der Waals surface area contributed by atoms with Crippen molar-refractivity contribution in [3.05, 3.63) is 0 Å². The third-order valence-corrected chi connectivity index (χ3v) is 5.51. The minimum absolute atomic E-state index is 0.336. The standard InChI is InChI=1S/C16H34N4/c1-14(2)15-11-16(12-15,13-17)20-9-7-19(8-10-20)6-5-18(3)4/h14-15H,5-13,17H2,1-4H3. The van der Waals surface area contributed by atoms with Gasteiger partial charge in [0.05, 0.1) is 0 Å². The van der Waals surface area contributed by atoms with Crippen LogP contribution in [0.15, 0.2) is 0 Å². The highest BCUT2D eigenvalue weighted by Crippen LogP contribution is 2.45. The van der Waals surface area contributed by atoms with E-state index in [9.17, 15) is 0 Å². The molecule has 0 unspecified atom stereocenters. The van der Waals surface area contributed by atoms with E-state index in [4.69, 9.17) is 5.73 Å². The lowest BCUT2D eigenvalue weighted by Gasteiger charge is -2.57. The van der Waals surface area contributed by atoms with Crippen LogP contribution < -0.4 is 5.73 Å². The van der Waals surface area contributed by atoms with E-state index in [1.165, 1.54) is 45.6 Å². The molecule has 2 rings (SSSR count). The maximum absolute atomic E-state index is 6.13. The summed E-state index contributed by atoms with van der Waals surface area (Å²) in [6.45, 7) is 12.7. The molecule has 0 atom stereocenters. The van der Waals surface area contributed by atoms with Crippen LogP contribution in [-0.2, 0) is 0 Å². The second-order valence-electron chi connectivity index (χ2n) is 7.47. The Morgan fingerprint density at radius 1 is 1.15 bits per heavy atom. The molecule has 0 spiro atoms. The van der Waals surface area contributed by atoms with Crippen LogP contribution in [0, 0.1) is 11.8 Å². The molecule has 4 heteroatoms. The monoisotopic (exact) mass is 282 g/mol. The molecule has 0 radical (unpaired) electrons. The topological polar surface area (TPSA) is 35.7 Å². The Labute approximate surface area is 125 Å². The maximum Gasteiger partial charge on any atom is 0.0338 e. The first-order chi connectivity index (χ1) is 9.47. The molecule has 0 aromatic carbocycles. The van der Waals surface area contributed by atoms with Crippen molar-refractivity contribution in [1.82, 2.24) is 14.7 Å². The summed E-state index contributed by atoms with van der Waals surface area (Å²) < 4.78 is 0. The summed E-state index contributed by atoms with van der Waals surface area (Å²) >= 11 is 0. The van der Waals surface area contributed by atoms with E-state index in [2.05, 4.69) is 42.6 Å². The highest BCUT2D eigenvalue weighted by atomic mass is 15.3. The molecule has 0 amide bonds. The van der Waals surface area contributed by atoms with E-state index < -0.39 is 0 Å². The van der Waals surface area contributed by atoms with Crippen LogP contribution in [0.2, 0.25) is 0 Å². The number of rotatable bonds is 6. The van der Waals surface area contributed by atoms with E-state index in [-0.39, 0.29) is 0 Å². The molecule has 20 heavy (non-hydrogen) atoms. The normalized spacial score (nSPS) is 32.9. The Kier molecular flexibility index (Phi) is 5.46. The largest absolute Gasteiger partial charge is 0.329 e. The highest BCUT2D eigenvalue weighted by Gasteiger charge is 2.48. The van der Waals surface area contributed by atoms with Crippen LogP contribution >= 0.6 is 0 Å². The van der Waals surface area contributed by atoms with E-state index in [0.717, 1.165) is 24.9 Å².